The van der Waals surface area contributed by atoms with Crippen LogP contribution in [0.5, 0.6) is 0 Å². The van der Waals surface area contributed by atoms with E-state index in [1.807, 2.05) is 38.1 Å². The van der Waals surface area contributed by atoms with Gasteiger partial charge in [-0.25, -0.2) is 0 Å². The zero-order valence-electron chi connectivity index (χ0n) is 10.9. The Morgan fingerprint density at radius 3 is 2.56 bits per heavy atom. The quantitative estimate of drug-likeness (QED) is 0.720. The van der Waals surface area contributed by atoms with Crippen molar-refractivity contribution < 1.29 is 15.0 Å². The van der Waals surface area contributed by atoms with Gasteiger partial charge in [-0.3, -0.25) is 4.79 Å². The SMILES string of the molecule is CC(C)(CO)c1ccccc1C(N)CCC(=O)O. The van der Waals surface area contributed by atoms with Gasteiger partial charge in [0.2, 0.25) is 0 Å². The molecular weight excluding hydrogens is 230 g/mol. The van der Waals surface area contributed by atoms with Crippen molar-refractivity contribution >= 4 is 5.97 Å². The van der Waals surface area contributed by atoms with Gasteiger partial charge in [-0.1, -0.05) is 38.1 Å². The first kappa shape index (κ1) is 14.7. The van der Waals surface area contributed by atoms with Crippen LogP contribution in [0.15, 0.2) is 24.3 Å². The Bertz CT molecular complexity index is 415. The van der Waals surface area contributed by atoms with Crippen LogP contribution in [-0.2, 0) is 10.2 Å². The highest BCUT2D eigenvalue weighted by molar-refractivity contribution is 5.66. The Labute approximate surface area is 107 Å². The summed E-state index contributed by atoms with van der Waals surface area (Å²) < 4.78 is 0. The van der Waals surface area contributed by atoms with Crippen LogP contribution in [0.2, 0.25) is 0 Å². The van der Waals surface area contributed by atoms with E-state index in [0.717, 1.165) is 11.1 Å². The molecule has 0 saturated carbocycles. The zero-order valence-corrected chi connectivity index (χ0v) is 10.9. The monoisotopic (exact) mass is 251 g/mol. The molecule has 0 aliphatic rings. The molecule has 0 saturated heterocycles. The van der Waals surface area contributed by atoms with Gasteiger partial charge in [0, 0.05) is 17.9 Å². The average molecular weight is 251 g/mol. The first-order chi connectivity index (χ1) is 8.38. The standard InChI is InChI=1S/C14H21NO3/c1-14(2,9-16)11-6-4-3-5-10(11)12(15)7-8-13(17)18/h3-6,12,16H,7-9,15H2,1-2H3,(H,17,18). The lowest BCUT2D eigenvalue weighted by Crippen LogP contribution is -2.26. The number of carboxylic acid groups (broad SMARTS) is 1. The lowest BCUT2D eigenvalue weighted by atomic mass is 9.80. The maximum atomic E-state index is 10.6. The third kappa shape index (κ3) is 3.55. The van der Waals surface area contributed by atoms with Crippen molar-refractivity contribution in [3.63, 3.8) is 0 Å². The van der Waals surface area contributed by atoms with Gasteiger partial charge in [-0.15, -0.1) is 0 Å². The number of carboxylic acids is 1. The fraction of sp³-hybridized carbons (Fsp3) is 0.500. The summed E-state index contributed by atoms with van der Waals surface area (Å²) in [4.78, 5) is 10.6. The molecule has 1 rings (SSSR count). The molecule has 4 heteroatoms. The molecule has 0 heterocycles. The van der Waals surface area contributed by atoms with E-state index in [0.29, 0.717) is 6.42 Å². The molecule has 0 aliphatic carbocycles. The summed E-state index contributed by atoms with van der Waals surface area (Å²) in [5, 5.41) is 18.1. The summed E-state index contributed by atoms with van der Waals surface area (Å²) in [6.07, 6.45) is 0.447. The van der Waals surface area contributed by atoms with Crippen molar-refractivity contribution in [2.45, 2.75) is 38.1 Å². The van der Waals surface area contributed by atoms with E-state index < -0.39 is 5.97 Å². The van der Waals surface area contributed by atoms with Crippen LogP contribution < -0.4 is 5.73 Å². The fourth-order valence-electron chi connectivity index (χ4n) is 1.96. The van der Waals surface area contributed by atoms with E-state index >= 15 is 0 Å². The third-order valence-electron chi connectivity index (χ3n) is 3.15. The van der Waals surface area contributed by atoms with Crippen LogP contribution >= 0.6 is 0 Å². The number of benzene rings is 1. The lowest BCUT2D eigenvalue weighted by molar-refractivity contribution is -0.137. The van der Waals surface area contributed by atoms with Gasteiger partial charge in [-0.2, -0.15) is 0 Å². The van der Waals surface area contributed by atoms with Crippen LogP contribution in [0.25, 0.3) is 0 Å². The molecule has 0 fully saturated rings. The minimum Gasteiger partial charge on any atom is -0.481 e. The molecule has 4 N–H and O–H groups in total. The van der Waals surface area contributed by atoms with Crippen LogP contribution in [-0.4, -0.2) is 22.8 Å². The number of aliphatic hydroxyl groups is 1. The number of aliphatic hydroxyl groups excluding tert-OH is 1. The molecule has 0 aliphatic heterocycles. The summed E-state index contributed by atoms with van der Waals surface area (Å²) in [5.41, 5.74) is 7.56. The van der Waals surface area contributed by atoms with Crippen LogP contribution in [0.4, 0.5) is 0 Å². The zero-order chi connectivity index (χ0) is 13.8. The van der Waals surface area contributed by atoms with Gasteiger partial charge in [-0.05, 0) is 17.5 Å². The number of carbonyl (C=O) groups is 1. The minimum absolute atomic E-state index is 0.0235. The topological polar surface area (TPSA) is 83.5 Å². The molecule has 0 bridgehead atoms. The van der Waals surface area contributed by atoms with Crippen molar-refractivity contribution in [1.82, 2.24) is 0 Å². The highest BCUT2D eigenvalue weighted by Gasteiger charge is 2.24. The van der Waals surface area contributed by atoms with Crippen LogP contribution in [0, 0.1) is 0 Å². The smallest absolute Gasteiger partial charge is 0.303 e. The minimum atomic E-state index is -0.843. The van der Waals surface area contributed by atoms with E-state index in [-0.39, 0.29) is 24.5 Å². The molecule has 0 aromatic heterocycles. The molecule has 1 unspecified atom stereocenters. The first-order valence-corrected chi connectivity index (χ1v) is 6.06. The molecule has 1 aromatic carbocycles. The van der Waals surface area contributed by atoms with E-state index in [9.17, 15) is 9.90 Å². The Morgan fingerprint density at radius 1 is 1.39 bits per heavy atom. The summed E-state index contributed by atoms with van der Waals surface area (Å²) in [7, 11) is 0. The summed E-state index contributed by atoms with van der Waals surface area (Å²) >= 11 is 0. The third-order valence-corrected chi connectivity index (χ3v) is 3.15. The number of rotatable bonds is 6. The molecule has 0 amide bonds. The highest BCUT2D eigenvalue weighted by atomic mass is 16.4. The Balaban J connectivity index is 2.98. The molecule has 1 atom stereocenters. The van der Waals surface area contributed by atoms with Crippen LogP contribution in [0.3, 0.4) is 0 Å². The Morgan fingerprint density at radius 2 is 2.00 bits per heavy atom. The number of hydrogen-bond acceptors (Lipinski definition) is 3. The van der Waals surface area contributed by atoms with Crippen molar-refractivity contribution in [2.75, 3.05) is 6.61 Å². The van der Waals surface area contributed by atoms with Crippen LogP contribution in [0.1, 0.15) is 43.9 Å². The van der Waals surface area contributed by atoms with E-state index in [1.165, 1.54) is 0 Å². The van der Waals surface area contributed by atoms with Gasteiger partial charge in [0.15, 0.2) is 0 Å². The van der Waals surface area contributed by atoms with E-state index in [4.69, 9.17) is 10.8 Å². The average Bonchev–Trinajstić information content (AvgIpc) is 2.36. The van der Waals surface area contributed by atoms with Crippen molar-refractivity contribution in [3.8, 4) is 0 Å². The first-order valence-electron chi connectivity index (χ1n) is 6.06. The second kappa shape index (κ2) is 5.98. The molecular formula is C14H21NO3. The normalized spacial score (nSPS) is 13.3. The van der Waals surface area contributed by atoms with Gasteiger partial charge < -0.3 is 15.9 Å². The summed E-state index contributed by atoms with van der Waals surface area (Å²) in [6, 6.07) is 7.31. The molecule has 1 aromatic rings. The molecule has 4 nitrogen and oxygen atoms in total. The van der Waals surface area contributed by atoms with Crippen molar-refractivity contribution in [1.29, 1.82) is 0 Å². The maximum absolute atomic E-state index is 10.6. The number of aliphatic carboxylic acids is 1. The largest absolute Gasteiger partial charge is 0.481 e. The highest BCUT2D eigenvalue weighted by Crippen LogP contribution is 2.30. The molecule has 18 heavy (non-hydrogen) atoms. The number of hydrogen-bond donors (Lipinski definition) is 3. The van der Waals surface area contributed by atoms with Gasteiger partial charge in [0.25, 0.3) is 0 Å². The summed E-state index contributed by atoms with van der Waals surface area (Å²) in [6.45, 7) is 3.90. The van der Waals surface area contributed by atoms with Crippen molar-refractivity contribution in [3.05, 3.63) is 35.4 Å². The van der Waals surface area contributed by atoms with E-state index in [1.54, 1.807) is 0 Å². The van der Waals surface area contributed by atoms with Gasteiger partial charge in [0.05, 0.1) is 6.61 Å². The Hall–Kier alpha value is -1.39. The van der Waals surface area contributed by atoms with E-state index in [2.05, 4.69) is 0 Å². The molecule has 0 spiro atoms. The predicted octanol–water partition coefficient (Wildman–Crippen LogP) is 1.82. The fourth-order valence-corrected chi connectivity index (χ4v) is 1.96. The second-order valence-corrected chi connectivity index (χ2v) is 5.17. The number of nitrogens with two attached hydrogens (primary N) is 1. The maximum Gasteiger partial charge on any atom is 0.303 e. The van der Waals surface area contributed by atoms with Crippen molar-refractivity contribution in [2.24, 2.45) is 5.73 Å². The lowest BCUT2D eigenvalue weighted by Gasteiger charge is -2.27. The summed E-state index contributed by atoms with van der Waals surface area (Å²) in [5.74, 6) is -0.843. The van der Waals surface area contributed by atoms with Gasteiger partial charge in [0.1, 0.15) is 0 Å². The predicted molar refractivity (Wildman–Crippen MR) is 70.4 cm³/mol. The van der Waals surface area contributed by atoms with Gasteiger partial charge >= 0.3 is 5.97 Å². The molecule has 0 radical (unpaired) electrons. The second-order valence-electron chi connectivity index (χ2n) is 5.17. The Kier molecular flexibility index (Phi) is 4.87. The molecule has 100 valence electrons.